The standard InChI is InChI=1S/C14H27N3O2S2/c1-6-15-10-9-12-7-8-13(20-12)21(18,19)16-11-14(2,3)17(4)5/h7-8,15-16H,6,9-11H2,1-5H3. The summed E-state index contributed by atoms with van der Waals surface area (Å²) in [4.78, 5) is 3.09. The Balaban J connectivity index is 2.66. The summed E-state index contributed by atoms with van der Waals surface area (Å²) in [5, 5.41) is 3.24. The van der Waals surface area contributed by atoms with E-state index in [1.807, 2.05) is 38.9 Å². The first kappa shape index (κ1) is 18.6. The molecular weight excluding hydrogens is 306 g/mol. The molecule has 0 unspecified atom stereocenters. The molecule has 0 saturated carbocycles. The normalized spacial score (nSPS) is 13.0. The molecule has 21 heavy (non-hydrogen) atoms. The van der Waals surface area contributed by atoms with Crippen LogP contribution < -0.4 is 10.0 Å². The molecule has 0 bridgehead atoms. The summed E-state index contributed by atoms with van der Waals surface area (Å²) in [6.07, 6.45) is 0.858. The largest absolute Gasteiger partial charge is 0.317 e. The Bertz CT molecular complexity index is 536. The van der Waals surface area contributed by atoms with E-state index in [2.05, 4.69) is 17.0 Å². The average Bonchev–Trinajstić information content (AvgIpc) is 2.86. The fraction of sp³-hybridized carbons (Fsp3) is 0.714. The van der Waals surface area contributed by atoms with Crippen molar-refractivity contribution in [3.8, 4) is 0 Å². The third-order valence-corrected chi connectivity index (χ3v) is 6.64. The van der Waals surface area contributed by atoms with Crippen LogP contribution in [-0.2, 0) is 16.4 Å². The Morgan fingerprint density at radius 2 is 1.95 bits per heavy atom. The van der Waals surface area contributed by atoms with Crippen LogP contribution >= 0.6 is 11.3 Å². The minimum Gasteiger partial charge on any atom is -0.317 e. The minimum atomic E-state index is -3.42. The molecule has 1 aromatic rings. The van der Waals surface area contributed by atoms with Gasteiger partial charge in [-0.3, -0.25) is 0 Å². The van der Waals surface area contributed by atoms with E-state index in [0.29, 0.717) is 10.8 Å². The van der Waals surface area contributed by atoms with E-state index >= 15 is 0 Å². The molecule has 122 valence electrons. The lowest BCUT2D eigenvalue weighted by atomic mass is 10.1. The van der Waals surface area contributed by atoms with Gasteiger partial charge < -0.3 is 10.2 Å². The lowest BCUT2D eigenvalue weighted by Crippen LogP contribution is -2.47. The molecule has 0 fully saturated rings. The van der Waals surface area contributed by atoms with Crippen LogP contribution in [0.5, 0.6) is 0 Å². The summed E-state index contributed by atoms with van der Waals surface area (Å²) in [6, 6.07) is 3.59. The van der Waals surface area contributed by atoms with Crippen molar-refractivity contribution in [1.29, 1.82) is 0 Å². The number of nitrogens with one attached hydrogen (secondary N) is 2. The molecule has 0 aromatic carbocycles. The quantitative estimate of drug-likeness (QED) is 0.673. The summed E-state index contributed by atoms with van der Waals surface area (Å²) >= 11 is 1.35. The molecule has 1 aromatic heterocycles. The van der Waals surface area contributed by atoms with Gasteiger partial charge in [0.2, 0.25) is 10.0 Å². The fourth-order valence-electron chi connectivity index (χ4n) is 1.53. The van der Waals surface area contributed by atoms with Gasteiger partial charge in [0.1, 0.15) is 4.21 Å². The van der Waals surface area contributed by atoms with Crippen LogP contribution in [0.25, 0.3) is 0 Å². The second-order valence-electron chi connectivity index (χ2n) is 5.86. The topological polar surface area (TPSA) is 61.4 Å². The zero-order chi connectivity index (χ0) is 16.1. The van der Waals surface area contributed by atoms with E-state index in [1.54, 1.807) is 6.07 Å². The zero-order valence-corrected chi connectivity index (χ0v) is 15.2. The van der Waals surface area contributed by atoms with Crippen molar-refractivity contribution in [3.63, 3.8) is 0 Å². The smallest absolute Gasteiger partial charge is 0.250 e. The number of thiophene rings is 1. The molecule has 0 radical (unpaired) electrons. The van der Waals surface area contributed by atoms with E-state index < -0.39 is 10.0 Å². The molecule has 0 aliphatic heterocycles. The van der Waals surface area contributed by atoms with Gasteiger partial charge in [-0.15, -0.1) is 11.3 Å². The lowest BCUT2D eigenvalue weighted by Gasteiger charge is -2.32. The van der Waals surface area contributed by atoms with Crippen LogP contribution in [-0.4, -0.2) is 52.6 Å². The number of hydrogen-bond acceptors (Lipinski definition) is 5. The molecule has 5 nitrogen and oxygen atoms in total. The first-order chi connectivity index (χ1) is 9.69. The van der Waals surface area contributed by atoms with Gasteiger partial charge in [0.25, 0.3) is 0 Å². The van der Waals surface area contributed by atoms with Gasteiger partial charge in [-0.05, 0) is 59.6 Å². The number of nitrogens with zero attached hydrogens (tertiary/aromatic N) is 1. The Hall–Kier alpha value is -0.470. The highest BCUT2D eigenvalue weighted by atomic mass is 32.2. The lowest BCUT2D eigenvalue weighted by molar-refractivity contribution is 0.199. The monoisotopic (exact) mass is 333 g/mol. The Kier molecular flexibility index (Phi) is 6.80. The number of sulfonamides is 1. The Morgan fingerprint density at radius 3 is 2.52 bits per heavy atom. The molecule has 0 spiro atoms. The SMILES string of the molecule is CCNCCc1ccc(S(=O)(=O)NCC(C)(C)N(C)C)s1. The zero-order valence-electron chi connectivity index (χ0n) is 13.6. The summed E-state index contributed by atoms with van der Waals surface area (Å²) in [6.45, 7) is 8.25. The maximum Gasteiger partial charge on any atom is 0.250 e. The predicted octanol–water partition coefficient (Wildman–Crippen LogP) is 1.52. The van der Waals surface area contributed by atoms with E-state index in [4.69, 9.17) is 0 Å². The third kappa shape index (κ3) is 5.67. The highest BCUT2D eigenvalue weighted by Crippen LogP contribution is 2.22. The molecule has 1 rings (SSSR count). The molecule has 0 atom stereocenters. The first-order valence-corrected chi connectivity index (χ1v) is 9.45. The van der Waals surface area contributed by atoms with E-state index in [-0.39, 0.29) is 5.54 Å². The summed E-state index contributed by atoms with van der Waals surface area (Å²) in [5.74, 6) is 0. The van der Waals surface area contributed by atoms with Crippen LogP contribution in [0.3, 0.4) is 0 Å². The van der Waals surface area contributed by atoms with Gasteiger partial charge in [0, 0.05) is 17.0 Å². The van der Waals surface area contributed by atoms with Crippen molar-refractivity contribution in [1.82, 2.24) is 14.9 Å². The third-order valence-electron chi connectivity index (χ3n) is 3.61. The maximum absolute atomic E-state index is 12.3. The average molecular weight is 334 g/mol. The Labute approximate surface area is 132 Å². The molecule has 7 heteroatoms. The second kappa shape index (κ2) is 7.69. The number of rotatable bonds is 9. The Morgan fingerprint density at radius 1 is 1.29 bits per heavy atom. The first-order valence-electron chi connectivity index (χ1n) is 7.15. The maximum atomic E-state index is 12.3. The molecular formula is C14H27N3O2S2. The molecule has 0 saturated heterocycles. The van der Waals surface area contributed by atoms with Crippen LogP contribution in [0.1, 0.15) is 25.6 Å². The molecule has 1 heterocycles. The van der Waals surface area contributed by atoms with Crippen molar-refractivity contribution >= 4 is 21.4 Å². The summed E-state index contributed by atoms with van der Waals surface area (Å²) in [7, 11) is 0.470. The fourth-order valence-corrected chi connectivity index (χ4v) is 4.13. The second-order valence-corrected chi connectivity index (χ2v) is 9.02. The van der Waals surface area contributed by atoms with Crippen LogP contribution in [0.15, 0.2) is 16.3 Å². The molecule has 0 aliphatic carbocycles. The van der Waals surface area contributed by atoms with Gasteiger partial charge in [-0.25, -0.2) is 13.1 Å². The summed E-state index contributed by atoms with van der Waals surface area (Å²) in [5.41, 5.74) is -0.224. The van der Waals surface area contributed by atoms with E-state index in [0.717, 1.165) is 24.4 Å². The van der Waals surface area contributed by atoms with E-state index in [9.17, 15) is 8.42 Å². The molecule has 0 amide bonds. The van der Waals surface area contributed by atoms with Crippen molar-refractivity contribution in [2.75, 3.05) is 33.7 Å². The van der Waals surface area contributed by atoms with Crippen LogP contribution in [0.4, 0.5) is 0 Å². The highest BCUT2D eigenvalue weighted by molar-refractivity contribution is 7.91. The van der Waals surface area contributed by atoms with Crippen molar-refractivity contribution in [3.05, 3.63) is 17.0 Å². The van der Waals surface area contributed by atoms with Crippen molar-refractivity contribution < 1.29 is 8.42 Å². The molecule has 0 aliphatic rings. The van der Waals surface area contributed by atoms with E-state index in [1.165, 1.54) is 11.3 Å². The van der Waals surface area contributed by atoms with Gasteiger partial charge in [-0.1, -0.05) is 6.92 Å². The van der Waals surface area contributed by atoms with Gasteiger partial charge >= 0.3 is 0 Å². The number of likely N-dealkylation sites (N-methyl/N-ethyl adjacent to an activating group) is 2. The predicted molar refractivity (Wildman–Crippen MR) is 89.5 cm³/mol. The van der Waals surface area contributed by atoms with Gasteiger partial charge in [0.15, 0.2) is 0 Å². The minimum absolute atomic E-state index is 0.224. The number of hydrogen-bond donors (Lipinski definition) is 2. The summed E-state index contributed by atoms with van der Waals surface area (Å²) < 4.78 is 27.7. The van der Waals surface area contributed by atoms with Crippen LogP contribution in [0.2, 0.25) is 0 Å². The van der Waals surface area contributed by atoms with Crippen LogP contribution in [0, 0.1) is 0 Å². The van der Waals surface area contributed by atoms with Crippen molar-refractivity contribution in [2.45, 2.75) is 36.9 Å². The highest BCUT2D eigenvalue weighted by Gasteiger charge is 2.24. The van der Waals surface area contributed by atoms with Crippen molar-refractivity contribution in [2.24, 2.45) is 0 Å². The van der Waals surface area contributed by atoms with Gasteiger partial charge in [-0.2, -0.15) is 0 Å². The van der Waals surface area contributed by atoms with Gasteiger partial charge in [0.05, 0.1) is 0 Å². The molecule has 2 N–H and O–H groups in total.